The number of aryl methyl sites for hydroxylation is 1. The first-order chi connectivity index (χ1) is 14.1. The lowest BCUT2D eigenvalue weighted by molar-refractivity contribution is 0.0458. The number of pyridine rings is 1. The van der Waals surface area contributed by atoms with E-state index in [9.17, 15) is 9.59 Å². The van der Waals surface area contributed by atoms with Crippen molar-refractivity contribution in [3.8, 4) is 11.6 Å². The van der Waals surface area contributed by atoms with Gasteiger partial charge in [0, 0.05) is 6.20 Å². The van der Waals surface area contributed by atoms with Gasteiger partial charge in [-0.15, -0.1) is 0 Å². The van der Waals surface area contributed by atoms with Crippen molar-refractivity contribution < 1.29 is 14.3 Å². The van der Waals surface area contributed by atoms with Gasteiger partial charge in [0.2, 0.25) is 5.88 Å². The molecule has 0 aliphatic rings. The number of carbonyl (C=O) groups excluding carboxylic acids is 1. The lowest BCUT2D eigenvalue weighted by Crippen LogP contribution is -2.15. The third-order valence-corrected chi connectivity index (χ3v) is 4.28. The predicted octanol–water partition coefficient (Wildman–Crippen LogP) is 3.78. The van der Waals surface area contributed by atoms with Gasteiger partial charge < -0.3 is 14.5 Å². The van der Waals surface area contributed by atoms with Crippen LogP contribution in [-0.2, 0) is 11.3 Å². The Balaban J connectivity index is 1.54. The van der Waals surface area contributed by atoms with Crippen LogP contribution >= 0.6 is 0 Å². The zero-order valence-corrected chi connectivity index (χ0v) is 15.6. The van der Waals surface area contributed by atoms with E-state index >= 15 is 0 Å². The Morgan fingerprint density at radius 2 is 1.86 bits per heavy atom. The first kappa shape index (κ1) is 18.4. The molecule has 2 heterocycles. The summed E-state index contributed by atoms with van der Waals surface area (Å²) >= 11 is 0. The summed E-state index contributed by atoms with van der Waals surface area (Å²) in [5.74, 6) is 0.326. The standard InChI is InChI=1S/C22H17N3O4/c1-14-7-5-10-16-19(14)24-18(25-20(16)26)13-28-22(27)17-11-6-12-23-21(17)29-15-8-3-2-4-9-15/h2-12H,13H2,1H3,(H,24,25,26). The van der Waals surface area contributed by atoms with Crippen molar-refractivity contribution in [2.75, 3.05) is 0 Å². The third-order valence-electron chi connectivity index (χ3n) is 4.28. The van der Waals surface area contributed by atoms with Gasteiger partial charge in [0.15, 0.2) is 0 Å². The number of nitrogens with one attached hydrogen (secondary N) is 1. The van der Waals surface area contributed by atoms with Crippen molar-refractivity contribution in [2.45, 2.75) is 13.5 Å². The normalized spacial score (nSPS) is 10.7. The van der Waals surface area contributed by atoms with Crippen LogP contribution in [0.5, 0.6) is 11.6 Å². The van der Waals surface area contributed by atoms with Gasteiger partial charge in [-0.2, -0.15) is 0 Å². The van der Waals surface area contributed by atoms with Crippen molar-refractivity contribution >= 4 is 16.9 Å². The number of hydrogen-bond acceptors (Lipinski definition) is 6. The fraction of sp³-hybridized carbons (Fsp3) is 0.0909. The molecular formula is C22H17N3O4. The third kappa shape index (κ3) is 3.98. The van der Waals surface area contributed by atoms with Crippen LogP contribution in [-0.4, -0.2) is 20.9 Å². The van der Waals surface area contributed by atoms with E-state index in [2.05, 4.69) is 15.0 Å². The summed E-state index contributed by atoms with van der Waals surface area (Å²) in [6.07, 6.45) is 1.53. The van der Waals surface area contributed by atoms with Crippen LogP contribution in [0.1, 0.15) is 21.7 Å². The summed E-state index contributed by atoms with van der Waals surface area (Å²) in [6, 6.07) is 17.6. The Hall–Kier alpha value is -4.00. The first-order valence-corrected chi connectivity index (χ1v) is 8.95. The Bertz CT molecular complexity index is 1240. The Morgan fingerprint density at radius 1 is 1.03 bits per heavy atom. The number of nitrogens with zero attached hydrogens (tertiary/aromatic N) is 2. The maximum Gasteiger partial charge on any atom is 0.344 e. The van der Waals surface area contributed by atoms with Gasteiger partial charge in [0.05, 0.1) is 10.9 Å². The van der Waals surface area contributed by atoms with Gasteiger partial charge >= 0.3 is 5.97 Å². The minimum atomic E-state index is -0.628. The Labute approximate surface area is 166 Å². The van der Waals surface area contributed by atoms with E-state index in [1.54, 1.807) is 36.4 Å². The maximum absolute atomic E-state index is 12.6. The molecule has 7 heteroatoms. The molecule has 2 aromatic heterocycles. The van der Waals surface area contributed by atoms with Gasteiger partial charge in [0.25, 0.3) is 5.56 Å². The quantitative estimate of drug-likeness (QED) is 0.524. The van der Waals surface area contributed by atoms with Gasteiger partial charge in [-0.05, 0) is 42.8 Å². The molecule has 7 nitrogen and oxygen atoms in total. The zero-order chi connectivity index (χ0) is 20.2. The van der Waals surface area contributed by atoms with Crippen molar-refractivity contribution in [3.63, 3.8) is 0 Å². The van der Waals surface area contributed by atoms with Crippen LogP contribution in [0.3, 0.4) is 0 Å². The number of H-pyrrole nitrogens is 1. The molecule has 1 N–H and O–H groups in total. The lowest BCUT2D eigenvalue weighted by Gasteiger charge is -2.10. The van der Waals surface area contributed by atoms with E-state index in [0.717, 1.165) is 5.56 Å². The van der Waals surface area contributed by atoms with Crippen molar-refractivity contribution in [1.29, 1.82) is 0 Å². The Kier molecular flexibility index (Phi) is 5.03. The number of para-hydroxylation sites is 2. The van der Waals surface area contributed by atoms with E-state index in [4.69, 9.17) is 9.47 Å². The Morgan fingerprint density at radius 3 is 2.69 bits per heavy atom. The fourth-order valence-corrected chi connectivity index (χ4v) is 2.86. The summed E-state index contributed by atoms with van der Waals surface area (Å²) in [5, 5.41) is 0.492. The number of hydrogen-bond donors (Lipinski definition) is 1. The van der Waals surface area contributed by atoms with E-state index in [1.165, 1.54) is 6.20 Å². The molecule has 0 aliphatic heterocycles. The molecule has 0 amide bonds. The predicted molar refractivity (Wildman–Crippen MR) is 107 cm³/mol. The van der Waals surface area contributed by atoms with Crippen LogP contribution in [0, 0.1) is 6.92 Å². The minimum Gasteiger partial charge on any atom is -0.454 e. The average Bonchev–Trinajstić information content (AvgIpc) is 2.74. The monoisotopic (exact) mass is 387 g/mol. The highest BCUT2D eigenvalue weighted by Gasteiger charge is 2.17. The first-order valence-electron chi connectivity index (χ1n) is 8.95. The number of rotatable bonds is 5. The van der Waals surface area contributed by atoms with E-state index < -0.39 is 5.97 Å². The van der Waals surface area contributed by atoms with Crippen molar-refractivity contribution in [3.05, 3.63) is 94.2 Å². The molecule has 4 rings (SSSR count). The van der Waals surface area contributed by atoms with Gasteiger partial charge in [-0.25, -0.2) is 14.8 Å². The van der Waals surface area contributed by atoms with Gasteiger partial charge in [-0.3, -0.25) is 4.79 Å². The highest BCUT2D eigenvalue weighted by Crippen LogP contribution is 2.23. The largest absolute Gasteiger partial charge is 0.454 e. The molecule has 29 heavy (non-hydrogen) atoms. The second kappa shape index (κ2) is 7.93. The molecule has 0 aliphatic carbocycles. The smallest absolute Gasteiger partial charge is 0.344 e. The van der Waals surface area contributed by atoms with E-state index in [0.29, 0.717) is 16.7 Å². The van der Waals surface area contributed by atoms with E-state index in [-0.39, 0.29) is 29.4 Å². The molecule has 0 spiro atoms. The van der Waals surface area contributed by atoms with Crippen LogP contribution in [0.15, 0.2) is 71.7 Å². The molecule has 0 fully saturated rings. The van der Waals surface area contributed by atoms with Crippen LogP contribution in [0.2, 0.25) is 0 Å². The minimum absolute atomic E-state index is 0.138. The SMILES string of the molecule is Cc1cccc2c(=O)[nH]c(COC(=O)c3cccnc3Oc3ccccc3)nc12. The highest BCUT2D eigenvalue weighted by molar-refractivity contribution is 5.91. The second-order valence-corrected chi connectivity index (χ2v) is 6.33. The highest BCUT2D eigenvalue weighted by atomic mass is 16.5. The van der Waals surface area contributed by atoms with Crippen LogP contribution in [0.25, 0.3) is 10.9 Å². The number of aromatic nitrogens is 3. The molecule has 144 valence electrons. The molecule has 0 saturated carbocycles. The van der Waals surface area contributed by atoms with Crippen molar-refractivity contribution in [1.82, 2.24) is 15.0 Å². The second-order valence-electron chi connectivity index (χ2n) is 6.33. The molecule has 2 aromatic carbocycles. The maximum atomic E-state index is 12.6. The lowest BCUT2D eigenvalue weighted by atomic mass is 10.1. The number of ether oxygens (including phenoxy) is 2. The summed E-state index contributed by atoms with van der Waals surface area (Å²) < 4.78 is 11.0. The summed E-state index contributed by atoms with van der Waals surface area (Å²) in [5.41, 5.74) is 1.35. The molecular weight excluding hydrogens is 370 g/mol. The summed E-state index contributed by atoms with van der Waals surface area (Å²) in [7, 11) is 0. The molecule has 0 radical (unpaired) electrons. The number of aromatic amines is 1. The number of esters is 1. The van der Waals surface area contributed by atoms with Crippen LogP contribution < -0.4 is 10.3 Å². The number of fused-ring (bicyclic) bond motifs is 1. The van der Waals surface area contributed by atoms with Crippen molar-refractivity contribution in [2.24, 2.45) is 0 Å². The number of benzene rings is 2. The fourth-order valence-electron chi connectivity index (χ4n) is 2.86. The van der Waals surface area contributed by atoms with Crippen LogP contribution in [0.4, 0.5) is 0 Å². The zero-order valence-electron chi connectivity index (χ0n) is 15.6. The van der Waals surface area contributed by atoms with E-state index in [1.807, 2.05) is 31.2 Å². The topological polar surface area (TPSA) is 94.2 Å². The molecule has 4 aromatic rings. The summed E-state index contributed by atoms with van der Waals surface area (Å²) in [6.45, 7) is 1.69. The number of carbonyl (C=O) groups is 1. The molecule has 0 unspecified atom stereocenters. The molecule has 0 saturated heterocycles. The van der Waals surface area contributed by atoms with Gasteiger partial charge in [-0.1, -0.05) is 30.3 Å². The average molecular weight is 387 g/mol. The molecule has 0 bridgehead atoms. The summed E-state index contributed by atoms with van der Waals surface area (Å²) in [4.78, 5) is 36.0. The molecule has 0 atom stereocenters. The van der Waals surface area contributed by atoms with Gasteiger partial charge in [0.1, 0.15) is 23.7 Å².